The van der Waals surface area contributed by atoms with Crippen molar-refractivity contribution in [2.45, 2.75) is 19.1 Å². The molecule has 0 N–H and O–H groups in total. The molecule has 1 aromatic heterocycles. The Labute approximate surface area is 121 Å². The highest BCUT2D eigenvalue weighted by molar-refractivity contribution is 7.09. The Morgan fingerprint density at radius 3 is 2.70 bits per heavy atom. The monoisotopic (exact) mass is 299 g/mol. The van der Waals surface area contributed by atoms with Crippen LogP contribution in [0.25, 0.3) is 0 Å². The SMILES string of the molecule is Cc1nc(C(=O)N2CCN(C3COCC3F)CC2)cs1. The molecule has 110 valence electrons. The summed E-state index contributed by atoms with van der Waals surface area (Å²) in [7, 11) is 0. The van der Waals surface area contributed by atoms with Crippen molar-refractivity contribution in [2.24, 2.45) is 0 Å². The van der Waals surface area contributed by atoms with Crippen molar-refractivity contribution in [1.82, 2.24) is 14.8 Å². The maximum atomic E-state index is 13.6. The molecule has 1 aromatic rings. The van der Waals surface area contributed by atoms with Crippen molar-refractivity contribution in [3.8, 4) is 0 Å². The van der Waals surface area contributed by atoms with Gasteiger partial charge in [-0.1, -0.05) is 0 Å². The van der Waals surface area contributed by atoms with Crippen LogP contribution in [0.3, 0.4) is 0 Å². The summed E-state index contributed by atoms with van der Waals surface area (Å²) < 4.78 is 18.8. The molecule has 0 aromatic carbocycles. The second-order valence-electron chi connectivity index (χ2n) is 5.20. The van der Waals surface area contributed by atoms with Crippen LogP contribution in [-0.4, -0.2) is 72.3 Å². The number of thiazole rings is 1. The van der Waals surface area contributed by atoms with Gasteiger partial charge in [0.05, 0.1) is 24.3 Å². The van der Waals surface area contributed by atoms with Crippen LogP contribution in [0.1, 0.15) is 15.5 Å². The average Bonchev–Trinajstić information content (AvgIpc) is 3.07. The van der Waals surface area contributed by atoms with E-state index < -0.39 is 6.17 Å². The Balaban J connectivity index is 1.57. The van der Waals surface area contributed by atoms with E-state index in [9.17, 15) is 9.18 Å². The lowest BCUT2D eigenvalue weighted by Gasteiger charge is -2.37. The van der Waals surface area contributed by atoms with Crippen LogP contribution >= 0.6 is 11.3 Å². The number of amides is 1. The Bertz CT molecular complexity index is 488. The van der Waals surface area contributed by atoms with E-state index in [1.54, 1.807) is 10.3 Å². The minimum Gasteiger partial charge on any atom is -0.377 e. The summed E-state index contributed by atoms with van der Waals surface area (Å²) in [6.45, 7) is 5.19. The fourth-order valence-corrected chi connectivity index (χ4v) is 3.32. The van der Waals surface area contributed by atoms with Gasteiger partial charge in [-0.15, -0.1) is 11.3 Å². The Morgan fingerprint density at radius 2 is 2.15 bits per heavy atom. The van der Waals surface area contributed by atoms with Gasteiger partial charge in [-0.3, -0.25) is 9.69 Å². The number of piperazine rings is 1. The van der Waals surface area contributed by atoms with Gasteiger partial charge in [0.1, 0.15) is 11.9 Å². The molecule has 1 amide bonds. The topological polar surface area (TPSA) is 45.7 Å². The van der Waals surface area contributed by atoms with Crippen molar-refractivity contribution in [3.05, 3.63) is 16.1 Å². The van der Waals surface area contributed by atoms with Crippen LogP contribution in [0.5, 0.6) is 0 Å². The number of halogens is 1. The van der Waals surface area contributed by atoms with Gasteiger partial charge in [0.15, 0.2) is 0 Å². The summed E-state index contributed by atoms with van der Waals surface area (Å²) in [6, 6.07) is -0.145. The predicted molar refractivity (Wildman–Crippen MR) is 73.8 cm³/mol. The number of aryl methyl sites for hydroxylation is 1. The van der Waals surface area contributed by atoms with Gasteiger partial charge >= 0.3 is 0 Å². The van der Waals surface area contributed by atoms with Gasteiger partial charge in [0.25, 0.3) is 5.91 Å². The summed E-state index contributed by atoms with van der Waals surface area (Å²) in [5.41, 5.74) is 0.522. The van der Waals surface area contributed by atoms with Crippen LogP contribution < -0.4 is 0 Å². The van der Waals surface area contributed by atoms with Crippen LogP contribution in [-0.2, 0) is 4.74 Å². The third-order valence-corrected chi connectivity index (χ3v) is 4.67. The van der Waals surface area contributed by atoms with Crippen LogP contribution in [0.2, 0.25) is 0 Å². The van der Waals surface area contributed by atoms with Gasteiger partial charge < -0.3 is 9.64 Å². The number of carbonyl (C=O) groups excluding carboxylic acids is 1. The lowest BCUT2D eigenvalue weighted by Crippen LogP contribution is -2.54. The van der Waals surface area contributed by atoms with Crippen LogP contribution in [0.15, 0.2) is 5.38 Å². The summed E-state index contributed by atoms with van der Waals surface area (Å²) in [4.78, 5) is 20.4. The highest BCUT2D eigenvalue weighted by Crippen LogP contribution is 2.19. The molecule has 3 rings (SSSR count). The average molecular weight is 299 g/mol. The molecule has 0 aliphatic carbocycles. The van der Waals surface area contributed by atoms with E-state index in [2.05, 4.69) is 9.88 Å². The molecule has 2 unspecified atom stereocenters. The first-order valence-electron chi connectivity index (χ1n) is 6.82. The first-order valence-corrected chi connectivity index (χ1v) is 7.70. The summed E-state index contributed by atoms with van der Waals surface area (Å²) in [5.74, 6) is -0.0199. The second-order valence-corrected chi connectivity index (χ2v) is 6.26. The molecule has 0 spiro atoms. The van der Waals surface area contributed by atoms with Crippen molar-refractivity contribution in [1.29, 1.82) is 0 Å². The zero-order chi connectivity index (χ0) is 14.1. The van der Waals surface area contributed by atoms with E-state index >= 15 is 0 Å². The highest BCUT2D eigenvalue weighted by Gasteiger charge is 2.35. The van der Waals surface area contributed by atoms with Crippen molar-refractivity contribution in [3.63, 3.8) is 0 Å². The van der Waals surface area contributed by atoms with E-state index in [0.717, 1.165) is 5.01 Å². The molecular weight excluding hydrogens is 281 g/mol. The minimum atomic E-state index is -0.904. The Hall–Kier alpha value is -1.05. The van der Waals surface area contributed by atoms with Crippen LogP contribution in [0.4, 0.5) is 4.39 Å². The number of hydrogen-bond donors (Lipinski definition) is 0. The molecule has 2 aliphatic rings. The Morgan fingerprint density at radius 1 is 1.40 bits per heavy atom. The van der Waals surface area contributed by atoms with Gasteiger partial charge in [-0.05, 0) is 6.92 Å². The maximum Gasteiger partial charge on any atom is 0.273 e. The predicted octanol–water partition coefficient (Wildman–Crippen LogP) is 0.946. The van der Waals surface area contributed by atoms with E-state index in [-0.39, 0.29) is 18.6 Å². The molecule has 0 radical (unpaired) electrons. The zero-order valence-electron chi connectivity index (χ0n) is 11.4. The molecule has 2 aliphatic heterocycles. The number of ether oxygens (including phenoxy) is 1. The normalized spacial score (nSPS) is 28.0. The second kappa shape index (κ2) is 5.75. The number of aromatic nitrogens is 1. The third-order valence-electron chi connectivity index (χ3n) is 3.89. The lowest BCUT2D eigenvalue weighted by molar-refractivity contribution is 0.0491. The smallest absolute Gasteiger partial charge is 0.273 e. The number of hydrogen-bond acceptors (Lipinski definition) is 5. The molecular formula is C13H18FN3O2S. The van der Waals surface area contributed by atoms with Gasteiger partial charge in [-0.25, -0.2) is 9.37 Å². The van der Waals surface area contributed by atoms with Crippen molar-refractivity contribution in [2.75, 3.05) is 39.4 Å². The maximum absolute atomic E-state index is 13.6. The van der Waals surface area contributed by atoms with E-state index in [4.69, 9.17) is 4.74 Å². The highest BCUT2D eigenvalue weighted by atomic mass is 32.1. The molecule has 2 atom stereocenters. The molecule has 0 bridgehead atoms. The number of carbonyl (C=O) groups is 1. The number of rotatable bonds is 2. The summed E-state index contributed by atoms with van der Waals surface area (Å²) in [6.07, 6.45) is -0.904. The van der Waals surface area contributed by atoms with Gasteiger partial charge in [-0.2, -0.15) is 0 Å². The standard InChI is InChI=1S/C13H18FN3O2S/c1-9-15-11(8-20-9)13(18)17-4-2-16(3-5-17)12-7-19-6-10(12)14/h8,10,12H,2-7H2,1H3. The van der Waals surface area contributed by atoms with E-state index in [0.29, 0.717) is 38.5 Å². The Kier molecular flexibility index (Phi) is 4.00. The van der Waals surface area contributed by atoms with E-state index in [1.807, 2.05) is 6.92 Å². The fourth-order valence-electron chi connectivity index (χ4n) is 2.73. The molecule has 2 fully saturated rings. The summed E-state index contributed by atoms with van der Waals surface area (Å²) in [5, 5.41) is 2.70. The first-order chi connectivity index (χ1) is 9.65. The minimum absolute atomic E-state index is 0.0199. The van der Waals surface area contributed by atoms with Crippen LogP contribution in [0, 0.1) is 6.92 Å². The number of alkyl halides is 1. The lowest BCUT2D eigenvalue weighted by atomic mass is 10.1. The van der Waals surface area contributed by atoms with Gasteiger partial charge in [0, 0.05) is 31.6 Å². The fraction of sp³-hybridized carbons (Fsp3) is 0.692. The van der Waals surface area contributed by atoms with Gasteiger partial charge in [0.2, 0.25) is 0 Å². The number of nitrogens with zero attached hydrogens (tertiary/aromatic N) is 3. The third kappa shape index (κ3) is 2.70. The zero-order valence-corrected chi connectivity index (χ0v) is 12.2. The molecule has 20 heavy (non-hydrogen) atoms. The van der Waals surface area contributed by atoms with Crippen molar-refractivity contribution < 1.29 is 13.9 Å². The molecule has 2 saturated heterocycles. The largest absolute Gasteiger partial charge is 0.377 e. The quantitative estimate of drug-likeness (QED) is 0.815. The summed E-state index contributed by atoms with van der Waals surface area (Å²) >= 11 is 1.48. The molecule has 7 heteroatoms. The molecule has 0 saturated carbocycles. The first kappa shape index (κ1) is 13.9. The van der Waals surface area contributed by atoms with Crippen molar-refractivity contribution >= 4 is 17.2 Å². The molecule has 3 heterocycles. The van der Waals surface area contributed by atoms with E-state index in [1.165, 1.54) is 11.3 Å². The molecule has 5 nitrogen and oxygen atoms in total.